The molecule has 2 rings (SSSR count). The Kier molecular flexibility index (Phi) is 3.61. The van der Waals surface area contributed by atoms with Crippen LogP contribution in [0.5, 0.6) is 0 Å². The van der Waals surface area contributed by atoms with E-state index in [1.807, 2.05) is 4.90 Å². The number of hydrogen-bond donors (Lipinski definition) is 3. The number of anilines is 1. The zero-order valence-corrected chi connectivity index (χ0v) is 10.8. The highest BCUT2D eigenvalue weighted by atomic mass is 19.1. The van der Waals surface area contributed by atoms with Crippen molar-refractivity contribution in [2.75, 3.05) is 18.0 Å². The molecule has 1 aromatic carbocycles. The molecule has 0 unspecified atom stereocenters. The summed E-state index contributed by atoms with van der Waals surface area (Å²) in [5.74, 6) is -0.554. The summed E-state index contributed by atoms with van der Waals surface area (Å²) in [4.78, 5) is 2.00. The molecular formula is C13H18FN3O2. The first kappa shape index (κ1) is 13.6. The lowest BCUT2D eigenvalue weighted by Crippen LogP contribution is -2.43. The number of halogens is 1. The molecule has 0 spiro atoms. The van der Waals surface area contributed by atoms with Crippen LogP contribution in [0.15, 0.2) is 23.4 Å². The van der Waals surface area contributed by atoms with Crippen molar-refractivity contribution in [3.63, 3.8) is 0 Å². The quantitative estimate of drug-likeness (QED) is 0.326. The molecule has 0 aliphatic carbocycles. The number of rotatable bonds is 2. The van der Waals surface area contributed by atoms with Crippen LogP contribution in [-0.2, 0) is 0 Å². The minimum absolute atomic E-state index is 0.119. The number of aliphatic hydroxyl groups is 1. The minimum atomic E-state index is -0.659. The lowest BCUT2D eigenvalue weighted by molar-refractivity contribution is 0.0351. The zero-order chi connectivity index (χ0) is 14.0. The van der Waals surface area contributed by atoms with Gasteiger partial charge >= 0.3 is 0 Å². The van der Waals surface area contributed by atoms with Crippen molar-refractivity contribution in [3.05, 3.63) is 29.6 Å². The van der Waals surface area contributed by atoms with Crippen molar-refractivity contribution >= 4 is 11.5 Å². The average molecular weight is 267 g/mol. The molecule has 19 heavy (non-hydrogen) atoms. The van der Waals surface area contributed by atoms with Crippen LogP contribution in [0.25, 0.3) is 0 Å². The van der Waals surface area contributed by atoms with Crippen LogP contribution in [0.4, 0.5) is 10.1 Å². The van der Waals surface area contributed by atoms with Gasteiger partial charge in [0.25, 0.3) is 0 Å². The maximum Gasteiger partial charge on any atom is 0.172 e. The number of benzene rings is 1. The van der Waals surface area contributed by atoms with E-state index in [9.17, 15) is 9.50 Å². The largest absolute Gasteiger partial charge is 0.409 e. The second kappa shape index (κ2) is 5.05. The molecule has 1 aromatic rings. The zero-order valence-electron chi connectivity index (χ0n) is 10.8. The van der Waals surface area contributed by atoms with Crippen molar-refractivity contribution in [2.45, 2.75) is 25.4 Å². The molecule has 0 aromatic heterocycles. The summed E-state index contributed by atoms with van der Waals surface area (Å²) in [5.41, 5.74) is 6.00. The number of piperidine rings is 1. The fourth-order valence-electron chi connectivity index (χ4n) is 2.27. The van der Waals surface area contributed by atoms with Gasteiger partial charge in [0.1, 0.15) is 5.82 Å². The topological polar surface area (TPSA) is 82.1 Å². The summed E-state index contributed by atoms with van der Waals surface area (Å²) < 4.78 is 13.3. The van der Waals surface area contributed by atoms with E-state index >= 15 is 0 Å². The first-order valence-electron chi connectivity index (χ1n) is 6.18. The molecule has 0 amide bonds. The number of oxime groups is 1. The van der Waals surface area contributed by atoms with E-state index < -0.39 is 11.4 Å². The maximum atomic E-state index is 13.3. The molecule has 1 fully saturated rings. The fraction of sp³-hybridized carbons (Fsp3) is 0.462. The van der Waals surface area contributed by atoms with Gasteiger partial charge in [-0.2, -0.15) is 0 Å². The Bertz CT molecular complexity index is 493. The predicted octanol–water partition coefficient (Wildman–Crippen LogP) is 1.27. The van der Waals surface area contributed by atoms with Gasteiger partial charge in [-0.25, -0.2) is 4.39 Å². The van der Waals surface area contributed by atoms with E-state index in [1.165, 1.54) is 12.1 Å². The molecule has 1 aliphatic heterocycles. The van der Waals surface area contributed by atoms with Crippen LogP contribution < -0.4 is 10.6 Å². The Morgan fingerprint density at radius 3 is 2.63 bits per heavy atom. The summed E-state index contributed by atoms with van der Waals surface area (Å²) in [5, 5.41) is 21.6. The summed E-state index contributed by atoms with van der Waals surface area (Å²) in [7, 11) is 0. The van der Waals surface area contributed by atoms with Gasteiger partial charge < -0.3 is 20.9 Å². The minimum Gasteiger partial charge on any atom is -0.409 e. The van der Waals surface area contributed by atoms with Crippen LogP contribution in [-0.4, -0.2) is 34.8 Å². The average Bonchev–Trinajstić information content (AvgIpc) is 2.38. The van der Waals surface area contributed by atoms with Crippen LogP contribution in [0, 0.1) is 5.82 Å². The smallest absolute Gasteiger partial charge is 0.172 e. The van der Waals surface area contributed by atoms with Gasteiger partial charge in [0, 0.05) is 24.3 Å². The number of nitrogens with two attached hydrogens (primary N) is 1. The highest BCUT2D eigenvalue weighted by Crippen LogP contribution is 2.28. The molecule has 1 aliphatic rings. The molecule has 1 heterocycles. The van der Waals surface area contributed by atoms with Gasteiger partial charge in [0.15, 0.2) is 5.84 Å². The lowest BCUT2D eigenvalue weighted by atomic mass is 9.93. The van der Waals surface area contributed by atoms with Gasteiger partial charge in [-0.3, -0.25) is 0 Å². The Morgan fingerprint density at radius 1 is 1.42 bits per heavy atom. The van der Waals surface area contributed by atoms with Crippen LogP contribution in [0.2, 0.25) is 0 Å². The predicted molar refractivity (Wildman–Crippen MR) is 71.0 cm³/mol. The highest BCUT2D eigenvalue weighted by Gasteiger charge is 2.28. The Morgan fingerprint density at radius 2 is 2.05 bits per heavy atom. The van der Waals surface area contributed by atoms with E-state index in [1.54, 1.807) is 13.0 Å². The third-order valence-corrected chi connectivity index (χ3v) is 3.52. The van der Waals surface area contributed by atoms with Crippen molar-refractivity contribution in [2.24, 2.45) is 10.9 Å². The normalized spacial score (nSPS) is 19.5. The van der Waals surface area contributed by atoms with Gasteiger partial charge in [-0.1, -0.05) is 5.16 Å². The van der Waals surface area contributed by atoms with Crippen molar-refractivity contribution in [3.8, 4) is 0 Å². The molecule has 0 atom stereocenters. The molecule has 6 heteroatoms. The van der Waals surface area contributed by atoms with E-state index in [0.717, 1.165) is 0 Å². The van der Waals surface area contributed by atoms with E-state index in [2.05, 4.69) is 5.16 Å². The Balaban J connectivity index is 2.30. The summed E-state index contributed by atoms with van der Waals surface area (Å²) in [6.45, 7) is 3.09. The molecule has 0 radical (unpaired) electrons. The third-order valence-electron chi connectivity index (χ3n) is 3.52. The molecule has 1 saturated heterocycles. The molecule has 104 valence electrons. The number of hydrogen-bond acceptors (Lipinski definition) is 4. The molecular weight excluding hydrogens is 249 g/mol. The maximum absolute atomic E-state index is 13.3. The lowest BCUT2D eigenvalue weighted by Gasteiger charge is -2.37. The van der Waals surface area contributed by atoms with Crippen molar-refractivity contribution in [1.82, 2.24) is 0 Å². The van der Waals surface area contributed by atoms with Gasteiger partial charge in [0.2, 0.25) is 0 Å². The van der Waals surface area contributed by atoms with Gasteiger partial charge in [-0.05, 0) is 38.0 Å². The fourth-order valence-corrected chi connectivity index (χ4v) is 2.27. The first-order chi connectivity index (χ1) is 8.93. The van der Waals surface area contributed by atoms with Crippen molar-refractivity contribution in [1.29, 1.82) is 0 Å². The van der Waals surface area contributed by atoms with Crippen molar-refractivity contribution < 1.29 is 14.7 Å². The standard InChI is InChI=1S/C13H18FN3O2/c1-13(18)4-6-17(7-5-13)11-3-2-9(14)8-10(11)12(15)16-19/h2-3,8,18-19H,4-7H2,1H3,(H2,15,16). The van der Waals surface area contributed by atoms with Gasteiger partial charge in [0.05, 0.1) is 5.60 Å². The van der Waals surface area contributed by atoms with E-state index in [0.29, 0.717) is 37.2 Å². The van der Waals surface area contributed by atoms with Crippen LogP contribution in [0.3, 0.4) is 0 Å². The third kappa shape index (κ3) is 2.96. The Hall–Kier alpha value is -1.82. The van der Waals surface area contributed by atoms with E-state index in [4.69, 9.17) is 10.9 Å². The highest BCUT2D eigenvalue weighted by molar-refractivity contribution is 6.02. The molecule has 4 N–H and O–H groups in total. The monoisotopic (exact) mass is 267 g/mol. The van der Waals surface area contributed by atoms with Gasteiger partial charge in [-0.15, -0.1) is 0 Å². The number of amidine groups is 1. The molecule has 0 saturated carbocycles. The van der Waals surface area contributed by atoms with E-state index in [-0.39, 0.29) is 5.84 Å². The van der Waals surface area contributed by atoms with Crippen LogP contribution >= 0.6 is 0 Å². The summed E-state index contributed by atoms with van der Waals surface area (Å²) in [6, 6.07) is 4.20. The van der Waals surface area contributed by atoms with Crippen LogP contribution in [0.1, 0.15) is 25.3 Å². The molecule has 5 nitrogen and oxygen atoms in total. The summed E-state index contributed by atoms with van der Waals surface area (Å²) in [6.07, 6.45) is 1.25. The number of nitrogens with zero attached hydrogens (tertiary/aromatic N) is 2. The first-order valence-corrected chi connectivity index (χ1v) is 6.18. The SMILES string of the molecule is CC1(O)CCN(c2ccc(F)cc2/C(N)=N/O)CC1. The Labute approximate surface area is 111 Å². The molecule has 0 bridgehead atoms. The summed E-state index contributed by atoms with van der Waals surface area (Å²) >= 11 is 0. The second-order valence-corrected chi connectivity index (χ2v) is 5.13. The second-order valence-electron chi connectivity index (χ2n) is 5.13.